The van der Waals surface area contributed by atoms with Crippen molar-refractivity contribution < 1.29 is 19.0 Å². The Hall–Kier alpha value is -3.61. The normalized spacial score (nSPS) is 25.4. The molecule has 0 radical (unpaired) electrons. The van der Waals surface area contributed by atoms with Crippen LogP contribution >= 0.6 is 11.8 Å². The van der Waals surface area contributed by atoms with Crippen LogP contribution in [0.25, 0.3) is 11.1 Å². The van der Waals surface area contributed by atoms with E-state index in [1.807, 2.05) is 39.2 Å². The number of aromatic nitrogens is 3. The molecular formula is C36H48N6O5S. The zero-order valence-electron chi connectivity index (χ0n) is 29.3. The number of carbonyl (C=O) groups is 1. The number of hydrogen-bond acceptors (Lipinski definition) is 10. The molecule has 258 valence electrons. The Morgan fingerprint density at radius 3 is 2.33 bits per heavy atom. The maximum Gasteiger partial charge on any atom is 0.254 e. The van der Waals surface area contributed by atoms with Crippen LogP contribution in [0.5, 0.6) is 11.5 Å². The number of carbonyl (C=O) groups excluding carboxylic acids is 1. The number of aromatic amines is 1. The number of benzene rings is 1. The van der Waals surface area contributed by atoms with Gasteiger partial charge in [0.05, 0.1) is 12.2 Å². The van der Waals surface area contributed by atoms with Gasteiger partial charge in [0.1, 0.15) is 0 Å². The Morgan fingerprint density at radius 2 is 1.71 bits per heavy atom. The summed E-state index contributed by atoms with van der Waals surface area (Å²) in [4.78, 5) is 44.3. The van der Waals surface area contributed by atoms with Crippen LogP contribution in [0.4, 0.5) is 5.95 Å². The molecule has 2 N–H and O–H groups in total. The average Bonchev–Trinajstić information content (AvgIpc) is 3.43. The molecule has 0 bridgehead atoms. The summed E-state index contributed by atoms with van der Waals surface area (Å²) in [5, 5.41) is 3.00. The second-order valence-electron chi connectivity index (χ2n) is 13.9. The number of H-pyrrole nitrogens is 1. The Labute approximate surface area is 287 Å². The molecule has 2 aromatic heterocycles. The highest BCUT2D eigenvalue weighted by Gasteiger charge is 2.47. The van der Waals surface area contributed by atoms with Gasteiger partial charge in [0.15, 0.2) is 11.5 Å². The summed E-state index contributed by atoms with van der Waals surface area (Å²) in [5.41, 5.74) is 3.65. The number of nitrogens with zero attached hydrogens (tertiary/aromatic N) is 4. The third kappa shape index (κ3) is 6.79. The summed E-state index contributed by atoms with van der Waals surface area (Å²) in [6.45, 7) is 11.4. The number of nitrogens with one attached hydrogen (secondary N) is 2. The van der Waals surface area contributed by atoms with Gasteiger partial charge >= 0.3 is 0 Å². The van der Waals surface area contributed by atoms with Gasteiger partial charge in [0.2, 0.25) is 5.95 Å². The SMILES string of the molecule is CSc1cc(C)[nH]c(=O)c1CNC(=O)c1cc(-c2cnc(N3CC(C)OC(C)C3)nc2)c2c(c1C)OC(C)(C1CCC(N(C)C)CC1)O2. The summed E-state index contributed by atoms with van der Waals surface area (Å²) in [7, 11) is 4.27. The fourth-order valence-corrected chi connectivity index (χ4v) is 8.09. The van der Waals surface area contributed by atoms with E-state index in [1.165, 1.54) is 11.8 Å². The predicted octanol–water partition coefficient (Wildman–Crippen LogP) is 5.32. The molecule has 3 aliphatic rings. The Bertz CT molecular complexity index is 1710. The van der Waals surface area contributed by atoms with E-state index in [2.05, 4.69) is 48.0 Å². The van der Waals surface area contributed by atoms with Crippen molar-refractivity contribution in [1.29, 1.82) is 0 Å². The molecule has 3 unspecified atom stereocenters. The van der Waals surface area contributed by atoms with E-state index < -0.39 is 5.79 Å². The molecule has 1 amide bonds. The van der Waals surface area contributed by atoms with Gasteiger partial charge in [-0.15, -0.1) is 11.8 Å². The molecule has 0 spiro atoms. The first-order valence-corrected chi connectivity index (χ1v) is 18.1. The Balaban J connectivity index is 1.34. The van der Waals surface area contributed by atoms with Crippen LogP contribution in [0, 0.1) is 19.8 Å². The van der Waals surface area contributed by atoms with Crippen LogP contribution in [0.2, 0.25) is 0 Å². The molecule has 1 saturated carbocycles. The minimum absolute atomic E-state index is 0.0805. The zero-order chi connectivity index (χ0) is 34.3. The topological polar surface area (TPSA) is 122 Å². The highest BCUT2D eigenvalue weighted by Crippen LogP contribution is 2.52. The first-order chi connectivity index (χ1) is 22.9. The number of thioether (sulfide) groups is 1. The summed E-state index contributed by atoms with van der Waals surface area (Å²) in [5.74, 6) is 0.806. The van der Waals surface area contributed by atoms with E-state index in [9.17, 15) is 9.59 Å². The lowest BCUT2D eigenvalue weighted by atomic mass is 9.81. The molecule has 1 saturated heterocycles. The lowest BCUT2D eigenvalue weighted by molar-refractivity contribution is -0.123. The molecule has 48 heavy (non-hydrogen) atoms. The number of morpholine rings is 1. The summed E-state index contributed by atoms with van der Waals surface area (Å²) < 4.78 is 19.4. The molecule has 1 aliphatic carbocycles. The predicted molar refractivity (Wildman–Crippen MR) is 188 cm³/mol. The fourth-order valence-electron chi connectivity index (χ4n) is 7.38. The highest BCUT2D eigenvalue weighted by molar-refractivity contribution is 7.98. The van der Waals surface area contributed by atoms with Crippen molar-refractivity contribution in [3.63, 3.8) is 0 Å². The van der Waals surface area contributed by atoms with Crippen LogP contribution in [0.3, 0.4) is 0 Å². The molecule has 1 aromatic carbocycles. The van der Waals surface area contributed by atoms with E-state index in [0.717, 1.165) is 41.8 Å². The lowest BCUT2D eigenvalue weighted by Gasteiger charge is -2.39. The number of ether oxygens (including phenoxy) is 3. The first-order valence-electron chi connectivity index (χ1n) is 16.9. The van der Waals surface area contributed by atoms with Gasteiger partial charge in [0, 0.05) is 89.3 Å². The van der Waals surface area contributed by atoms with Gasteiger partial charge in [0.25, 0.3) is 17.3 Å². The second kappa shape index (κ2) is 13.7. The quantitative estimate of drug-likeness (QED) is 0.303. The van der Waals surface area contributed by atoms with Crippen molar-refractivity contribution >= 4 is 23.6 Å². The minimum Gasteiger partial charge on any atom is -0.448 e. The maximum absolute atomic E-state index is 13.9. The van der Waals surface area contributed by atoms with E-state index in [0.29, 0.717) is 58.8 Å². The monoisotopic (exact) mass is 676 g/mol. The van der Waals surface area contributed by atoms with E-state index >= 15 is 0 Å². The molecule has 11 nitrogen and oxygen atoms in total. The van der Waals surface area contributed by atoms with E-state index in [-0.39, 0.29) is 36.1 Å². The van der Waals surface area contributed by atoms with Gasteiger partial charge < -0.3 is 34.3 Å². The number of fused-ring (bicyclic) bond motifs is 1. The first kappa shape index (κ1) is 34.3. The fraction of sp³-hybridized carbons (Fsp3) is 0.556. The average molecular weight is 677 g/mol. The molecule has 3 atom stereocenters. The molecule has 6 rings (SSSR count). The largest absolute Gasteiger partial charge is 0.448 e. The van der Waals surface area contributed by atoms with Gasteiger partial charge in [-0.05, 0) is 85.9 Å². The number of aryl methyl sites for hydroxylation is 1. The van der Waals surface area contributed by atoms with Gasteiger partial charge in [-0.3, -0.25) is 9.59 Å². The molecule has 4 heterocycles. The van der Waals surface area contributed by atoms with Gasteiger partial charge in [-0.1, -0.05) is 0 Å². The van der Waals surface area contributed by atoms with E-state index in [1.54, 1.807) is 12.4 Å². The van der Waals surface area contributed by atoms with Crippen LogP contribution in [0.15, 0.2) is 34.2 Å². The van der Waals surface area contributed by atoms with Crippen LogP contribution < -0.4 is 25.2 Å². The second-order valence-corrected chi connectivity index (χ2v) is 14.7. The van der Waals surface area contributed by atoms with Crippen molar-refractivity contribution in [2.24, 2.45) is 5.92 Å². The van der Waals surface area contributed by atoms with Crippen molar-refractivity contribution in [2.45, 2.75) is 95.8 Å². The Kier molecular flexibility index (Phi) is 9.79. The minimum atomic E-state index is -0.877. The molecule has 3 aromatic rings. The zero-order valence-corrected chi connectivity index (χ0v) is 30.1. The summed E-state index contributed by atoms with van der Waals surface area (Å²) in [6.07, 6.45) is 9.76. The van der Waals surface area contributed by atoms with Gasteiger partial charge in [-0.25, -0.2) is 9.97 Å². The molecule has 12 heteroatoms. The van der Waals surface area contributed by atoms with Crippen LogP contribution in [-0.2, 0) is 11.3 Å². The molecular weight excluding hydrogens is 629 g/mol. The smallest absolute Gasteiger partial charge is 0.254 e. The standard InChI is InChI=1S/C36H48N6O5S/c1-20-13-30(48-8)29(34(44)40-20)17-37-33(43)27-14-28(24-15-38-35(39-16-24)42-18-21(2)45-22(3)19-42)32-31(23(27)4)46-36(5,47-32)25-9-11-26(12-10-25)41(6)7/h13-16,21-22,25-26H,9-12,17-19H2,1-8H3,(H,37,43)(H,40,44). The van der Waals surface area contributed by atoms with Crippen molar-refractivity contribution in [1.82, 2.24) is 25.2 Å². The third-order valence-electron chi connectivity index (χ3n) is 10.0. The third-order valence-corrected chi connectivity index (χ3v) is 10.8. The van der Waals surface area contributed by atoms with Crippen molar-refractivity contribution in [3.05, 3.63) is 57.3 Å². The molecule has 2 fully saturated rings. The molecule has 2 aliphatic heterocycles. The number of rotatable bonds is 8. The maximum atomic E-state index is 13.9. The number of anilines is 1. The summed E-state index contributed by atoms with van der Waals surface area (Å²) in [6, 6.07) is 4.31. The number of hydrogen-bond donors (Lipinski definition) is 2. The number of amides is 1. The highest BCUT2D eigenvalue weighted by atomic mass is 32.2. The van der Waals surface area contributed by atoms with Crippen LogP contribution in [0.1, 0.15) is 73.6 Å². The van der Waals surface area contributed by atoms with Crippen molar-refractivity contribution in [2.75, 3.05) is 38.3 Å². The number of pyridine rings is 1. The van der Waals surface area contributed by atoms with Gasteiger partial charge in [-0.2, -0.15) is 0 Å². The van der Waals surface area contributed by atoms with E-state index in [4.69, 9.17) is 24.2 Å². The van der Waals surface area contributed by atoms with Crippen LogP contribution in [-0.4, -0.2) is 83.2 Å². The Morgan fingerprint density at radius 1 is 1.06 bits per heavy atom. The lowest BCUT2D eigenvalue weighted by Crippen LogP contribution is -2.46. The van der Waals surface area contributed by atoms with Crippen molar-refractivity contribution in [3.8, 4) is 22.6 Å². The summed E-state index contributed by atoms with van der Waals surface area (Å²) >= 11 is 1.48.